The van der Waals surface area contributed by atoms with E-state index in [1.165, 1.54) is 0 Å². The van der Waals surface area contributed by atoms with Gasteiger partial charge in [-0.25, -0.2) is 0 Å². The summed E-state index contributed by atoms with van der Waals surface area (Å²) in [6.07, 6.45) is 3.09. The van der Waals surface area contributed by atoms with E-state index in [-0.39, 0.29) is 6.61 Å². The Balaban J connectivity index is 1.62. The van der Waals surface area contributed by atoms with E-state index in [0.29, 0.717) is 31.0 Å². The van der Waals surface area contributed by atoms with Gasteiger partial charge in [-0.05, 0) is 18.3 Å². The van der Waals surface area contributed by atoms with Crippen molar-refractivity contribution in [1.82, 2.24) is 0 Å². The van der Waals surface area contributed by atoms with Gasteiger partial charge in [-0.15, -0.1) is 0 Å². The minimum absolute atomic E-state index is 0.280. The number of rotatable bonds is 3. The highest BCUT2D eigenvalue weighted by Crippen LogP contribution is 2.64. The molecule has 0 amide bonds. The Bertz CT molecular complexity index is 379. The molecule has 5 nitrogen and oxygen atoms in total. The first-order valence-electron chi connectivity index (χ1n) is 5.64. The van der Waals surface area contributed by atoms with Gasteiger partial charge in [0, 0.05) is 12.3 Å². The lowest BCUT2D eigenvalue weighted by Crippen LogP contribution is -2.32. The Morgan fingerprint density at radius 1 is 1.38 bits per heavy atom. The van der Waals surface area contributed by atoms with Gasteiger partial charge in [0.2, 0.25) is 0 Å². The molecule has 3 atom stereocenters. The fourth-order valence-electron chi connectivity index (χ4n) is 3.26. The molecule has 3 rings (SSSR count). The van der Waals surface area contributed by atoms with Gasteiger partial charge in [-0.2, -0.15) is 8.42 Å². The average molecular weight is 248 g/mol. The van der Waals surface area contributed by atoms with Gasteiger partial charge < -0.3 is 9.47 Å². The summed E-state index contributed by atoms with van der Waals surface area (Å²) in [5.41, 5.74) is 0. The predicted molar refractivity (Wildman–Crippen MR) is 55.1 cm³/mol. The summed E-state index contributed by atoms with van der Waals surface area (Å²) < 4.78 is 38.1. The van der Waals surface area contributed by atoms with Crippen molar-refractivity contribution in [3.8, 4) is 0 Å². The zero-order valence-electron chi connectivity index (χ0n) is 9.22. The maximum absolute atomic E-state index is 10.9. The topological polar surface area (TPSA) is 61.8 Å². The second kappa shape index (κ2) is 3.41. The van der Waals surface area contributed by atoms with Crippen LogP contribution in [0.25, 0.3) is 0 Å². The SMILES string of the molecule is CS(=O)(=O)OC[C@@H]1[C@@H]2CCC3(OCCO3)[C@H]12. The van der Waals surface area contributed by atoms with E-state index >= 15 is 0 Å². The van der Waals surface area contributed by atoms with Gasteiger partial charge >= 0.3 is 0 Å². The van der Waals surface area contributed by atoms with Gasteiger partial charge in [0.05, 0.1) is 26.1 Å². The van der Waals surface area contributed by atoms with Crippen molar-refractivity contribution in [2.75, 3.05) is 26.1 Å². The van der Waals surface area contributed by atoms with Crippen LogP contribution in [0.2, 0.25) is 0 Å². The fraction of sp³-hybridized carbons (Fsp3) is 1.00. The lowest BCUT2D eigenvalue weighted by molar-refractivity contribution is -0.171. The van der Waals surface area contributed by atoms with Gasteiger partial charge in [0.25, 0.3) is 10.1 Å². The van der Waals surface area contributed by atoms with Crippen molar-refractivity contribution in [1.29, 1.82) is 0 Å². The molecule has 16 heavy (non-hydrogen) atoms. The van der Waals surface area contributed by atoms with Crippen LogP contribution in [-0.4, -0.2) is 40.3 Å². The summed E-state index contributed by atoms with van der Waals surface area (Å²) in [6.45, 7) is 1.59. The van der Waals surface area contributed by atoms with E-state index < -0.39 is 15.9 Å². The molecular weight excluding hydrogens is 232 g/mol. The summed E-state index contributed by atoms with van der Waals surface area (Å²) in [6, 6.07) is 0. The van der Waals surface area contributed by atoms with Crippen molar-refractivity contribution in [3.63, 3.8) is 0 Å². The summed E-state index contributed by atoms with van der Waals surface area (Å²) in [5.74, 6) is 0.758. The zero-order valence-corrected chi connectivity index (χ0v) is 10.0. The van der Waals surface area contributed by atoms with Gasteiger partial charge in [-0.1, -0.05) is 0 Å². The summed E-state index contributed by atoms with van der Waals surface area (Å²) >= 11 is 0. The van der Waals surface area contributed by atoms with Crippen LogP contribution >= 0.6 is 0 Å². The highest BCUT2D eigenvalue weighted by molar-refractivity contribution is 7.85. The summed E-state index contributed by atoms with van der Waals surface area (Å²) in [7, 11) is -3.33. The van der Waals surface area contributed by atoms with Crippen molar-refractivity contribution >= 4 is 10.1 Å². The molecule has 0 aromatic rings. The fourth-order valence-corrected chi connectivity index (χ4v) is 3.67. The molecule has 2 aliphatic carbocycles. The van der Waals surface area contributed by atoms with E-state index in [1.54, 1.807) is 0 Å². The highest BCUT2D eigenvalue weighted by atomic mass is 32.2. The molecule has 1 heterocycles. The number of fused-ring (bicyclic) bond motifs is 2. The Hall–Kier alpha value is -0.170. The van der Waals surface area contributed by atoms with Crippen LogP contribution in [0.15, 0.2) is 0 Å². The molecule has 0 radical (unpaired) electrons. The molecule has 3 fully saturated rings. The van der Waals surface area contributed by atoms with Crippen molar-refractivity contribution in [3.05, 3.63) is 0 Å². The normalized spacial score (nSPS) is 40.2. The van der Waals surface area contributed by atoms with E-state index in [2.05, 4.69) is 0 Å². The zero-order chi connectivity index (χ0) is 11.4. The smallest absolute Gasteiger partial charge is 0.264 e. The van der Waals surface area contributed by atoms with Crippen molar-refractivity contribution in [2.45, 2.75) is 18.6 Å². The van der Waals surface area contributed by atoms with Crippen LogP contribution in [0.5, 0.6) is 0 Å². The Morgan fingerprint density at radius 2 is 2.06 bits per heavy atom. The molecule has 1 saturated heterocycles. The molecule has 2 saturated carbocycles. The predicted octanol–water partition coefficient (Wildman–Crippen LogP) is 0.362. The second-order valence-electron chi connectivity index (χ2n) is 4.89. The van der Waals surface area contributed by atoms with Crippen LogP contribution in [0, 0.1) is 17.8 Å². The third kappa shape index (κ3) is 1.68. The van der Waals surface area contributed by atoms with Gasteiger partial charge in [0.15, 0.2) is 5.79 Å². The third-order valence-electron chi connectivity index (χ3n) is 3.92. The van der Waals surface area contributed by atoms with Gasteiger partial charge in [-0.3, -0.25) is 4.18 Å². The van der Waals surface area contributed by atoms with Crippen LogP contribution in [0.4, 0.5) is 0 Å². The molecule has 0 bridgehead atoms. The number of ether oxygens (including phenoxy) is 2. The quantitative estimate of drug-likeness (QED) is 0.675. The second-order valence-corrected chi connectivity index (χ2v) is 6.53. The maximum Gasteiger partial charge on any atom is 0.264 e. The summed E-state index contributed by atoms with van der Waals surface area (Å²) in [4.78, 5) is 0. The molecule has 3 aliphatic rings. The van der Waals surface area contributed by atoms with Crippen molar-refractivity contribution < 1.29 is 22.1 Å². The lowest BCUT2D eigenvalue weighted by Gasteiger charge is -2.24. The van der Waals surface area contributed by atoms with E-state index in [0.717, 1.165) is 19.1 Å². The Kier molecular flexibility index (Phi) is 2.34. The Morgan fingerprint density at radius 3 is 2.69 bits per heavy atom. The van der Waals surface area contributed by atoms with E-state index in [9.17, 15) is 8.42 Å². The monoisotopic (exact) mass is 248 g/mol. The average Bonchev–Trinajstić information content (AvgIpc) is 2.58. The molecule has 92 valence electrons. The maximum atomic E-state index is 10.9. The van der Waals surface area contributed by atoms with Crippen LogP contribution < -0.4 is 0 Å². The van der Waals surface area contributed by atoms with E-state index in [1.807, 2.05) is 0 Å². The van der Waals surface area contributed by atoms with Crippen LogP contribution in [0.3, 0.4) is 0 Å². The van der Waals surface area contributed by atoms with Crippen LogP contribution in [0.1, 0.15) is 12.8 Å². The molecule has 1 aliphatic heterocycles. The molecule has 0 unspecified atom stereocenters. The summed E-state index contributed by atoms with van der Waals surface area (Å²) in [5, 5.41) is 0. The minimum atomic E-state index is -3.33. The molecule has 0 aromatic heterocycles. The van der Waals surface area contributed by atoms with E-state index in [4.69, 9.17) is 13.7 Å². The largest absolute Gasteiger partial charge is 0.347 e. The number of hydrogen-bond donors (Lipinski definition) is 0. The first-order chi connectivity index (χ1) is 7.52. The third-order valence-corrected chi connectivity index (χ3v) is 4.48. The Labute approximate surface area is 95.2 Å². The highest BCUT2D eigenvalue weighted by Gasteiger charge is 2.68. The van der Waals surface area contributed by atoms with Crippen LogP contribution in [-0.2, 0) is 23.8 Å². The van der Waals surface area contributed by atoms with Gasteiger partial charge in [0.1, 0.15) is 0 Å². The molecule has 0 N–H and O–H groups in total. The molecular formula is C10H16O5S. The standard InChI is InChI=1S/C10H16O5S/c1-16(11,12)15-6-8-7-2-3-10(9(7)8)13-4-5-14-10/h7-9H,2-6H2,1H3/t7-,8+,9-/m0/s1. The molecule has 6 heteroatoms. The van der Waals surface area contributed by atoms with Crippen molar-refractivity contribution in [2.24, 2.45) is 17.8 Å². The minimum Gasteiger partial charge on any atom is -0.347 e. The first-order valence-corrected chi connectivity index (χ1v) is 7.46. The molecule has 1 spiro atoms. The first kappa shape index (κ1) is 11.0. The number of hydrogen-bond acceptors (Lipinski definition) is 5. The molecule has 0 aromatic carbocycles. The lowest BCUT2D eigenvalue weighted by atomic mass is 10.1.